The minimum Gasteiger partial charge on any atom is -0.504 e. The maximum atomic E-state index is 9.35. The maximum Gasteiger partial charge on any atom is 0.163 e. The first kappa shape index (κ1) is 8.19. The fourth-order valence-electron chi connectivity index (χ4n) is 0.993. The fourth-order valence-corrected chi connectivity index (χ4v) is 0.993. The third kappa shape index (κ3) is 2.03. The molecule has 1 aromatic rings. The average Bonchev–Trinajstić information content (AvgIpc) is 2.90. The number of rotatable bonds is 3. The third-order valence-corrected chi connectivity index (χ3v) is 1.81. The Morgan fingerprint density at radius 2 is 2.38 bits per heavy atom. The maximum absolute atomic E-state index is 9.35. The molecule has 2 rings (SSSR count). The van der Waals surface area contributed by atoms with Crippen molar-refractivity contribution in [3.05, 3.63) is 18.2 Å². The predicted octanol–water partition coefficient (Wildman–Crippen LogP) is 0.752. The zero-order valence-corrected chi connectivity index (χ0v) is 7.06. The largest absolute Gasteiger partial charge is 0.504 e. The predicted molar refractivity (Wildman–Crippen MR) is 47.8 cm³/mol. The standard InChI is InChI=1S/C9H11NO3/c10-6-1-2-8(11)9(3-6)13-5-7-4-12-7/h1-3,7,11H,4-5,10H2. The minimum atomic E-state index is 0.106. The van der Waals surface area contributed by atoms with Gasteiger partial charge in [0.05, 0.1) is 6.61 Å². The Bertz CT molecular complexity index is 310. The Kier molecular flexibility index (Phi) is 1.98. The molecule has 1 saturated heterocycles. The van der Waals surface area contributed by atoms with Crippen molar-refractivity contribution in [3.8, 4) is 11.5 Å². The van der Waals surface area contributed by atoms with Crippen molar-refractivity contribution in [1.29, 1.82) is 0 Å². The van der Waals surface area contributed by atoms with E-state index in [1.807, 2.05) is 0 Å². The Morgan fingerprint density at radius 3 is 3.08 bits per heavy atom. The number of nitrogen functional groups attached to an aromatic ring is 1. The van der Waals surface area contributed by atoms with E-state index in [4.69, 9.17) is 15.2 Å². The van der Waals surface area contributed by atoms with Gasteiger partial charge in [-0.15, -0.1) is 0 Å². The highest BCUT2D eigenvalue weighted by atomic mass is 16.6. The van der Waals surface area contributed by atoms with Gasteiger partial charge in [-0.05, 0) is 12.1 Å². The number of hydrogen-bond donors (Lipinski definition) is 2. The van der Waals surface area contributed by atoms with Gasteiger partial charge in [-0.2, -0.15) is 0 Å². The van der Waals surface area contributed by atoms with Crippen molar-refractivity contribution >= 4 is 5.69 Å². The molecule has 0 aliphatic carbocycles. The molecular weight excluding hydrogens is 170 g/mol. The second kappa shape index (κ2) is 3.14. The van der Waals surface area contributed by atoms with E-state index < -0.39 is 0 Å². The molecule has 1 aliphatic heterocycles. The number of hydrogen-bond acceptors (Lipinski definition) is 4. The molecule has 0 bridgehead atoms. The van der Waals surface area contributed by atoms with E-state index >= 15 is 0 Å². The summed E-state index contributed by atoms with van der Waals surface area (Å²) in [7, 11) is 0. The molecule has 0 radical (unpaired) electrons. The summed E-state index contributed by atoms with van der Waals surface area (Å²) in [6, 6.07) is 4.73. The van der Waals surface area contributed by atoms with Crippen LogP contribution in [0.2, 0.25) is 0 Å². The number of epoxide rings is 1. The van der Waals surface area contributed by atoms with Crippen LogP contribution in [0.1, 0.15) is 0 Å². The third-order valence-electron chi connectivity index (χ3n) is 1.81. The zero-order valence-electron chi connectivity index (χ0n) is 7.06. The van der Waals surface area contributed by atoms with Crippen molar-refractivity contribution < 1.29 is 14.6 Å². The molecule has 4 heteroatoms. The van der Waals surface area contributed by atoms with E-state index in [2.05, 4.69) is 0 Å². The molecule has 1 fully saturated rings. The zero-order chi connectivity index (χ0) is 9.26. The van der Waals surface area contributed by atoms with E-state index in [0.717, 1.165) is 6.61 Å². The van der Waals surface area contributed by atoms with Crippen molar-refractivity contribution in [2.45, 2.75) is 6.10 Å². The van der Waals surface area contributed by atoms with Gasteiger partial charge in [0.15, 0.2) is 11.5 Å². The quantitative estimate of drug-likeness (QED) is 0.410. The lowest BCUT2D eigenvalue weighted by atomic mass is 10.3. The van der Waals surface area contributed by atoms with Crippen molar-refractivity contribution in [2.75, 3.05) is 18.9 Å². The summed E-state index contributed by atoms with van der Waals surface area (Å²) in [4.78, 5) is 0. The van der Waals surface area contributed by atoms with Gasteiger partial charge in [-0.3, -0.25) is 0 Å². The monoisotopic (exact) mass is 181 g/mol. The van der Waals surface area contributed by atoms with Crippen LogP contribution in [-0.4, -0.2) is 24.4 Å². The molecule has 3 N–H and O–H groups in total. The van der Waals surface area contributed by atoms with E-state index in [0.29, 0.717) is 18.0 Å². The highest BCUT2D eigenvalue weighted by Gasteiger charge is 2.23. The fraction of sp³-hybridized carbons (Fsp3) is 0.333. The SMILES string of the molecule is Nc1ccc(O)c(OCC2CO2)c1. The van der Waals surface area contributed by atoms with E-state index in [-0.39, 0.29) is 11.9 Å². The minimum absolute atomic E-state index is 0.106. The lowest BCUT2D eigenvalue weighted by Gasteiger charge is -2.06. The van der Waals surface area contributed by atoms with Crippen LogP contribution in [0.15, 0.2) is 18.2 Å². The smallest absolute Gasteiger partial charge is 0.163 e. The van der Waals surface area contributed by atoms with Gasteiger partial charge >= 0.3 is 0 Å². The van der Waals surface area contributed by atoms with E-state index in [1.54, 1.807) is 12.1 Å². The van der Waals surface area contributed by atoms with E-state index in [9.17, 15) is 5.11 Å². The van der Waals surface area contributed by atoms with Crippen LogP contribution >= 0.6 is 0 Å². The summed E-state index contributed by atoms with van der Waals surface area (Å²) in [6.45, 7) is 1.21. The van der Waals surface area contributed by atoms with Crippen LogP contribution in [0.3, 0.4) is 0 Å². The molecule has 0 spiro atoms. The van der Waals surface area contributed by atoms with Crippen molar-refractivity contribution in [1.82, 2.24) is 0 Å². The molecule has 1 aromatic carbocycles. The first-order valence-electron chi connectivity index (χ1n) is 4.08. The Morgan fingerprint density at radius 1 is 1.62 bits per heavy atom. The van der Waals surface area contributed by atoms with Gasteiger partial charge in [0.1, 0.15) is 12.7 Å². The lowest BCUT2D eigenvalue weighted by Crippen LogP contribution is -2.04. The van der Waals surface area contributed by atoms with Gasteiger partial charge in [0.2, 0.25) is 0 Å². The summed E-state index contributed by atoms with van der Waals surface area (Å²) in [5.41, 5.74) is 6.10. The number of aromatic hydroxyl groups is 1. The summed E-state index contributed by atoms with van der Waals surface area (Å²) in [5, 5.41) is 9.35. The molecule has 0 saturated carbocycles. The second-order valence-electron chi connectivity index (χ2n) is 2.99. The number of benzene rings is 1. The van der Waals surface area contributed by atoms with Crippen LogP contribution in [0.5, 0.6) is 11.5 Å². The summed E-state index contributed by atoms with van der Waals surface area (Å²) >= 11 is 0. The topological polar surface area (TPSA) is 68.0 Å². The number of ether oxygens (including phenoxy) is 2. The van der Waals surface area contributed by atoms with Crippen LogP contribution in [0.25, 0.3) is 0 Å². The molecule has 1 atom stereocenters. The van der Waals surface area contributed by atoms with Crippen LogP contribution in [0, 0.1) is 0 Å². The Labute approximate surface area is 75.9 Å². The number of phenols is 1. The van der Waals surface area contributed by atoms with E-state index in [1.165, 1.54) is 6.07 Å². The van der Waals surface area contributed by atoms with Gasteiger partial charge in [-0.25, -0.2) is 0 Å². The average molecular weight is 181 g/mol. The molecule has 13 heavy (non-hydrogen) atoms. The van der Waals surface area contributed by atoms with Crippen LogP contribution in [0.4, 0.5) is 5.69 Å². The summed E-state index contributed by atoms with van der Waals surface area (Å²) in [5.74, 6) is 0.519. The first-order chi connectivity index (χ1) is 6.25. The summed E-state index contributed by atoms with van der Waals surface area (Å²) < 4.78 is 10.2. The second-order valence-corrected chi connectivity index (χ2v) is 2.99. The number of anilines is 1. The first-order valence-corrected chi connectivity index (χ1v) is 4.08. The molecule has 4 nitrogen and oxygen atoms in total. The molecule has 1 unspecified atom stereocenters. The van der Waals surface area contributed by atoms with Crippen LogP contribution in [-0.2, 0) is 4.74 Å². The molecule has 1 heterocycles. The molecule has 1 aliphatic rings. The van der Waals surface area contributed by atoms with Gasteiger partial charge in [0.25, 0.3) is 0 Å². The number of phenolic OH excluding ortho intramolecular Hbond substituents is 1. The summed E-state index contributed by atoms with van der Waals surface area (Å²) in [6.07, 6.45) is 0.181. The van der Waals surface area contributed by atoms with Gasteiger partial charge < -0.3 is 20.3 Å². The van der Waals surface area contributed by atoms with Crippen molar-refractivity contribution in [3.63, 3.8) is 0 Å². The normalized spacial score (nSPS) is 19.8. The number of nitrogens with two attached hydrogens (primary N) is 1. The highest BCUT2D eigenvalue weighted by Crippen LogP contribution is 2.28. The lowest BCUT2D eigenvalue weighted by molar-refractivity contribution is 0.254. The molecule has 0 amide bonds. The molecular formula is C9H11NO3. The van der Waals surface area contributed by atoms with Crippen molar-refractivity contribution in [2.24, 2.45) is 0 Å². The van der Waals surface area contributed by atoms with Gasteiger partial charge in [0, 0.05) is 11.8 Å². The Hall–Kier alpha value is -1.42. The molecule has 70 valence electrons. The van der Waals surface area contributed by atoms with Crippen LogP contribution < -0.4 is 10.5 Å². The Balaban J connectivity index is 2.03. The molecule has 0 aromatic heterocycles. The highest BCUT2D eigenvalue weighted by molar-refractivity contribution is 5.51. The van der Waals surface area contributed by atoms with Gasteiger partial charge in [-0.1, -0.05) is 0 Å².